The molecule has 24 heavy (non-hydrogen) atoms. The van der Waals surface area contributed by atoms with Crippen molar-refractivity contribution < 1.29 is 4.79 Å². The third kappa shape index (κ3) is 2.63. The highest BCUT2D eigenvalue weighted by Crippen LogP contribution is 2.20. The third-order valence-corrected chi connectivity index (χ3v) is 3.89. The van der Waals surface area contributed by atoms with Crippen LogP contribution in [0.4, 0.5) is 5.82 Å². The summed E-state index contributed by atoms with van der Waals surface area (Å²) < 4.78 is 1.62. The van der Waals surface area contributed by atoms with Gasteiger partial charge < -0.3 is 5.32 Å². The highest BCUT2D eigenvalue weighted by molar-refractivity contribution is 6.30. The van der Waals surface area contributed by atoms with Crippen LogP contribution in [-0.4, -0.2) is 25.9 Å². The standard InChI is InChI=1S/C17H12ClN5O/c18-12-5-7-13(8-6-12)23-10-11(9-19-23)17(24)20-16-14-3-1-2-4-15(14)21-22-16/h1-10H,(H2,20,21,22,24). The van der Waals surface area contributed by atoms with Gasteiger partial charge in [-0.05, 0) is 36.4 Å². The Morgan fingerprint density at radius 1 is 1.12 bits per heavy atom. The van der Waals surface area contributed by atoms with Gasteiger partial charge in [-0.1, -0.05) is 23.7 Å². The number of hydrogen-bond acceptors (Lipinski definition) is 3. The fourth-order valence-electron chi connectivity index (χ4n) is 2.41. The predicted molar refractivity (Wildman–Crippen MR) is 92.6 cm³/mol. The summed E-state index contributed by atoms with van der Waals surface area (Å²) in [7, 11) is 0. The lowest BCUT2D eigenvalue weighted by molar-refractivity contribution is 0.102. The monoisotopic (exact) mass is 337 g/mol. The van der Waals surface area contributed by atoms with Crippen molar-refractivity contribution in [2.45, 2.75) is 0 Å². The number of aromatic amines is 1. The van der Waals surface area contributed by atoms with E-state index >= 15 is 0 Å². The fraction of sp³-hybridized carbons (Fsp3) is 0. The van der Waals surface area contributed by atoms with E-state index in [0.717, 1.165) is 16.6 Å². The Morgan fingerprint density at radius 2 is 1.92 bits per heavy atom. The van der Waals surface area contributed by atoms with Gasteiger partial charge in [-0.25, -0.2) is 4.68 Å². The van der Waals surface area contributed by atoms with Crippen LogP contribution in [0.2, 0.25) is 5.02 Å². The van der Waals surface area contributed by atoms with Gasteiger partial charge in [0.25, 0.3) is 5.91 Å². The highest BCUT2D eigenvalue weighted by Gasteiger charge is 2.13. The molecule has 6 nitrogen and oxygen atoms in total. The molecule has 2 N–H and O–H groups in total. The molecule has 1 amide bonds. The van der Waals surface area contributed by atoms with E-state index in [2.05, 4.69) is 20.6 Å². The Hall–Kier alpha value is -3.12. The first-order valence-electron chi connectivity index (χ1n) is 7.26. The predicted octanol–water partition coefficient (Wildman–Crippen LogP) is 3.65. The molecule has 0 aliphatic heterocycles. The normalized spacial score (nSPS) is 10.9. The molecule has 0 saturated carbocycles. The molecule has 0 radical (unpaired) electrons. The number of amides is 1. The number of aromatic nitrogens is 4. The van der Waals surface area contributed by atoms with Crippen LogP contribution in [0.3, 0.4) is 0 Å². The molecule has 0 saturated heterocycles. The summed E-state index contributed by atoms with van der Waals surface area (Å²) in [5.74, 6) is 0.224. The number of carbonyl (C=O) groups is 1. The molecular formula is C17H12ClN5O. The number of para-hydroxylation sites is 1. The van der Waals surface area contributed by atoms with Crippen LogP contribution in [-0.2, 0) is 0 Å². The minimum atomic E-state index is -0.271. The second-order valence-electron chi connectivity index (χ2n) is 5.22. The van der Waals surface area contributed by atoms with Crippen molar-refractivity contribution in [2.75, 3.05) is 5.32 Å². The van der Waals surface area contributed by atoms with Crippen LogP contribution in [0, 0.1) is 0 Å². The summed E-state index contributed by atoms with van der Waals surface area (Å²) >= 11 is 5.88. The lowest BCUT2D eigenvalue weighted by atomic mass is 10.2. The second-order valence-corrected chi connectivity index (χ2v) is 5.66. The van der Waals surface area contributed by atoms with Crippen LogP contribution < -0.4 is 5.32 Å². The minimum absolute atomic E-state index is 0.271. The van der Waals surface area contributed by atoms with E-state index in [1.807, 2.05) is 36.4 Å². The lowest BCUT2D eigenvalue weighted by Crippen LogP contribution is -2.11. The molecule has 4 aromatic rings. The number of fused-ring (bicyclic) bond motifs is 1. The maximum atomic E-state index is 12.4. The van der Waals surface area contributed by atoms with Gasteiger partial charge in [-0.3, -0.25) is 9.89 Å². The number of benzene rings is 2. The lowest BCUT2D eigenvalue weighted by Gasteiger charge is -2.01. The van der Waals surface area contributed by atoms with Gasteiger partial charge in [0, 0.05) is 16.6 Å². The molecule has 0 atom stereocenters. The maximum absolute atomic E-state index is 12.4. The first-order valence-corrected chi connectivity index (χ1v) is 7.63. The number of hydrogen-bond donors (Lipinski definition) is 2. The third-order valence-electron chi connectivity index (χ3n) is 3.64. The SMILES string of the molecule is O=C(Nc1n[nH]c2ccccc12)c1cnn(-c2ccc(Cl)cc2)c1. The molecule has 118 valence electrons. The van der Waals surface area contributed by atoms with E-state index < -0.39 is 0 Å². The topological polar surface area (TPSA) is 75.6 Å². The van der Waals surface area contributed by atoms with E-state index in [-0.39, 0.29) is 5.91 Å². The molecule has 0 aliphatic rings. The zero-order valence-electron chi connectivity index (χ0n) is 12.4. The average Bonchev–Trinajstić information content (AvgIpc) is 3.23. The van der Waals surface area contributed by atoms with Crippen molar-refractivity contribution in [3.05, 3.63) is 71.5 Å². The van der Waals surface area contributed by atoms with Crippen molar-refractivity contribution in [3.63, 3.8) is 0 Å². The maximum Gasteiger partial charge on any atom is 0.260 e. The van der Waals surface area contributed by atoms with Crippen molar-refractivity contribution >= 4 is 34.2 Å². The zero-order chi connectivity index (χ0) is 16.5. The van der Waals surface area contributed by atoms with Crippen LogP contribution in [0.5, 0.6) is 0 Å². The van der Waals surface area contributed by atoms with E-state index in [1.54, 1.807) is 23.0 Å². The van der Waals surface area contributed by atoms with Gasteiger partial charge in [0.15, 0.2) is 5.82 Å². The molecule has 0 spiro atoms. The van der Waals surface area contributed by atoms with E-state index in [0.29, 0.717) is 16.4 Å². The minimum Gasteiger partial charge on any atom is -0.304 e. The van der Waals surface area contributed by atoms with Gasteiger partial charge in [-0.2, -0.15) is 10.2 Å². The molecule has 0 aliphatic carbocycles. The molecular weight excluding hydrogens is 326 g/mol. The molecule has 2 aromatic carbocycles. The van der Waals surface area contributed by atoms with Crippen molar-refractivity contribution in [1.29, 1.82) is 0 Å². The number of nitrogens with zero attached hydrogens (tertiary/aromatic N) is 3. The Kier molecular flexibility index (Phi) is 3.51. The summed E-state index contributed by atoms with van der Waals surface area (Å²) in [6, 6.07) is 14.8. The number of halogens is 1. The summed E-state index contributed by atoms with van der Waals surface area (Å²) in [6.07, 6.45) is 3.17. The zero-order valence-corrected chi connectivity index (χ0v) is 13.2. The first kappa shape index (κ1) is 14.5. The molecule has 0 unspecified atom stereocenters. The fourth-order valence-corrected chi connectivity index (χ4v) is 2.54. The van der Waals surface area contributed by atoms with Crippen molar-refractivity contribution in [1.82, 2.24) is 20.0 Å². The molecule has 0 bridgehead atoms. The van der Waals surface area contributed by atoms with Crippen LogP contribution >= 0.6 is 11.6 Å². The Bertz CT molecular complexity index is 1020. The van der Waals surface area contributed by atoms with Crippen molar-refractivity contribution in [3.8, 4) is 5.69 Å². The molecule has 2 aromatic heterocycles. The molecule has 0 fully saturated rings. The van der Waals surface area contributed by atoms with Crippen LogP contribution in [0.1, 0.15) is 10.4 Å². The van der Waals surface area contributed by atoms with Gasteiger partial charge in [0.05, 0.1) is 23.0 Å². The Balaban J connectivity index is 1.58. The second kappa shape index (κ2) is 5.82. The number of H-pyrrole nitrogens is 1. The summed E-state index contributed by atoms with van der Waals surface area (Å²) in [5.41, 5.74) is 2.13. The van der Waals surface area contributed by atoms with E-state index in [9.17, 15) is 4.79 Å². The van der Waals surface area contributed by atoms with Crippen LogP contribution in [0.25, 0.3) is 16.6 Å². The number of carbonyl (C=O) groups excluding carboxylic acids is 1. The van der Waals surface area contributed by atoms with E-state index in [4.69, 9.17) is 11.6 Å². The smallest absolute Gasteiger partial charge is 0.260 e. The van der Waals surface area contributed by atoms with Gasteiger partial charge in [0.1, 0.15) is 0 Å². The first-order chi connectivity index (χ1) is 11.7. The Labute approximate surface area is 142 Å². The summed E-state index contributed by atoms with van der Waals surface area (Å²) in [6.45, 7) is 0. The largest absolute Gasteiger partial charge is 0.304 e. The molecule has 2 heterocycles. The quantitative estimate of drug-likeness (QED) is 0.599. The molecule has 4 rings (SSSR count). The summed E-state index contributed by atoms with van der Waals surface area (Å²) in [4.78, 5) is 12.4. The van der Waals surface area contributed by atoms with Crippen LogP contribution in [0.15, 0.2) is 60.9 Å². The van der Waals surface area contributed by atoms with Gasteiger partial charge >= 0.3 is 0 Å². The highest BCUT2D eigenvalue weighted by atomic mass is 35.5. The molecule has 7 heteroatoms. The number of anilines is 1. The average molecular weight is 338 g/mol. The number of nitrogens with one attached hydrogen (secondary N) is 2. The van der Waals surface area contributed by atoms with Crippen molar-refractivity contribution in [2.24, 2.45) is 0 Å². The Morgan fingerprint density at radius 3 is 2.75 bits per heavy atom. The summed E-state index contributed by atoms with van der Waals surface area (Å²) in [5, 5.41) is 15.5. The van der Waals surface area contributed by atoms with E-state index in [1.165, 1.54) is 6.20 Å². The van der Waals surface area contributed by atoms with Gasteiger partial charge in [0.2, 0.25) is 0 Å². The number of rotatable bonds is 3. The van der Waals surface area contributed by atoms with Gasteiger partial charge in [-0.15, -0.1) is 0 Å².